The summed E-state index contributed by atoms with van der Waals surface area (Å²) in [5.41, 5.74) is 0. The van der Waals surface area contributed by atoms with E-state index in [1.165, 1.54) is 0 Å². The van der Waals surface area contributed by atoms with Crippen LogP contribution in [-0.2, 0) is 14.3 Å². The molecule has 0 unspecified atom stereocenters. The fourth-order valence-electron chi connectivity index (χ4n) is 2.40. The van der Waals surface area contributed by atoms with Gasteiger partial charge >= 0.3 is 6.18 Å². The first-order valence-electron chi connectivity index (χ1n) is 6.22. The van der Waals surface area contributed by atoms with Crippen LogP contribution in [0.5, 0.6) is 0 Å². The predicted molar refractivity (Wildman–Crippen MR) is 59.4 cm³/mol. The van der Waals surface area contributed by atoms with Crippen molar-refractivity contribution in [1.29, 1.82) is 0 Å². The van der Waals surface area contributed by atoms with Crippen molar-refractivity contribution in [2.24, 2.45) is 0 Å². The van der Waals surface area contributed by atoms with E-state index in [1.54, 1.807) is 4.90 Å². The molecule has 1 amide bonds. The summed E-state index contributed by atoms with van der Waals surface area (Å²) in [4.78, 5) is 13.2. The molecule has 110 valence electrons. The summed E-state index contributed by atoms with van der Waals surface area (Å²) in [6.07, 6.45) is -2.82. The van der Waals surface area contributed by atoms with Crippen molar-refractivity contribution in [1.82, 2.24) is 10.2 Å². The number of ether oxygens (including phenoxy) is 2. The van der Waals surface area contributed by atoms with Crippen LogP contribution in [0.3, 0.4) is 0 Å². The van der Waals surface area contributed by atoms with E-state index in [4.69, 9.17) is 9.47 Å². The van der Waals surface area contributed by atoms with E-state index in [2.05, 4.69) is 0 Å². The van der Waals surface area contributed by atoms with Gasteiger partial charge in [-0.25, -0.2) is 0 Å². The zero-order valence-electron chi connectivity index (χ0n) is 10.5. The average molecular weight is 282 g/mol. The second kappa shape index (κ2) is 5.64. The van der Waals surface area contributed by atoms with Crippen LogP contribution in [0, 0.1) is 0 Å². The lowest BCUT2D eigenvalue weighted by molar-refractivity contribution is -0.189. The highest BCUT2D eigenvalue weighted by Gasteiger charge is 2.41. The smallest absolute Gasteiger partial charge is 0.346 e. The molecule has 1 N–H and O–H groups in total. The highest BCUT2D eigenvalue weighted by molar-refractivity contribution is 5.78. The number of piperidine rings is 1. The summed E-state index contributed by atoms with van der Waals surface area (Å²) in [5, 5.41) is 1.86. The predicted octanol–water partition coefficient (Wildman–Crippen LogP) is 0.504. The van der Waals surface area contributed by atoms with Crippen LogP contribution in [0.25, 0.3) is 0 Å². The summed E-state index contributed by atoms with van der Waals surface area (Å²) in [5.74, 6) is -1.30. The second-order valence-electron chi connectivity index (χ2n) is 4.81. The zero-order chi connectivity index (χ0) is 13.9. The molecule has 2 fully saturated rings. The first kappa shape index (κ1) is 14.5. The van der Waals surface area contributed by atoms with Gasteiger partial charge in [-0.15, -0.1) is 0 Å². The molecular formula is C11H17F3N2O3. The maximum absolute atomic E-state index is 12.0. The fraction of sp³-hybridized carbons (Fsp3) is 0.909. The summed E-state index contributed by atoms with van der Waals surface area (Å²) in [6, 6.07) is 0. The van der Waals surface area contributed by atoms with Gasteiger partial charge in [0, 0.05) is 6.42 Å². The Hall–Kier alpha value is -0.860. The average Bonchev–Trinajstić information content (AvgIpc) is 2.74. The van der Waals surface area contributed by atoms with E-state index >= 15 is 0 Å². The van der Waals surface area contributed by atoms with Gasteiger partial charge in [0.25, 0.3) is 0 Å². The van der Waals surface area contributed by atoms with E-state index in [0.29, 0.717) is 26.3 Å². The molecule has 5 nitrogen and oxygen atoms in total. The highest BCUT2D eigenvalue weighted by atomic mass is 19.4. The SMILES string of the molecule is O=C(CN1CCCC2(C1)OCCO2)NCC(F)(F)F. The molecule has 0 atom stereocenters. The van der Waals surface area contributed by atoms with Crippen LogP contribution in [0.4, 0.5) is 13.2 Å². The van der Waals surface area contributed by atoms with Crippen molar-refractivity contribution in [2.45, 2.75) is 24.8 Å². The van der Waals surface area contributed by atoms with Crippen molar-refractivity contribution < 1.29 is 27.4 Å². The van der Waals surface area contributed by atoms with Gasteiger partial charge in [0.05, 0.1) is 26.3 Å². The van der Waals surface area contributed by atoms with Gasteiger partial charge < -0.3 is 14.8 Å². The Morgan fingerprint density at radius 2 is 2.00 bits per heavy atom. The van der Waals surface area contributed by atoms with Gasteiger partial charge in [-0.2, -0.15) is 13.2 Å². The monoisotopic (exact) mass is 282 g/mol. The number of carbonyl (C=O) groups excluding carboxylic acids is 1. The van der Waals surface area contributed by atoms with Gasteiger partial charge in [-0.05, 0) is 13.0 Å². The van der Waals surface area contributed by atoms with Crippen LogP contribution in [0.2, 0.25) is 0 Å². The minimum absolute atomic E-state index is 0.0649. The maximum atomic E-state index is 12.0. The Morgan fingerprint density at radius 3 is 2.63 bits per heavy atom. The molecule has 19 heavy (non-hydrogen) atoms. The number of hydrogen-bond acceptors (Lipinski definition) is 4. The third-order valence-corrected chi connectivity index (χ3v) is 3.16. The molecule has 2 saturated heterocycles. The summed E-state index contributed by atoms with van der Waals surface area (Å²) < 4.78 is 47.0. The van der Waals surface area contributed by atoms with Gasteiger partial charge in [0.2, 0.25) is 5.91 Å². The van der Waals surface area contributed by atoms with Crippen molar-refractivity contribution in [3.8, 4) is 0 Å². The van der Waals surface area contributed by atoms with Crippen LogP contribution in [0.15, 0.2) is 0 Å². The number of amides is 1. The van der Waals surface area contributed by atoms with Gasteiger partial charge in [0.1, 0.15) is 6.54 Å². The lowest BCUT2D eigenvalue weighted by Gasteiger charge is -2.38. The third-order valence-electron chi connectivity index (χ3n) is 3.16. The standard InChI is InChI=1S/C11H17F3N2O3/c12-11(13,14)7-15-9(17)6-16-3-1-2-10(8-16)18-4-5-19-10/h1-8H2,(H,15,17). The van der Waals surface area contributed by atoms with Crippen molar-refractivity contribution in [2.75, 3.05) is 39.4 Å². The van der Waals surface area contributed by atoms with Gasteiger partial charge in [0.15, 0.2) is 5.79 Å². The Bertz CT molecular complexity index is 330. The molecule has 0 bridgehead atoms. The summed E-state index contributed by atoms with van der Waals surface area (Å²) in [6.45, 7) is 0.769. The normalized spacial score (nSPS) is 23.7. The maximum Gasteiger partial charge on any atom is 0.405 e. The minimum Gasteiger partial charge on any atom is -0.346 e. The first-order valence-corrected chi connectivity index (χ1v) is 6.22. The number of carbonyl (C=O) groups is 1. The lowest BCUT2D eigenvalue weighted by atomic mass is 10.0. The van der Waals surface area contributed by atoms with E-state index in [-0.39, 0.29) is 6.54 Å². The zero-order valence-corrected chi connectivity index (χ0v) is 10.5. The molecule has 0 radical (unpaired) electrons. The van der Waals surface area contributed by atoms with E-state index < -0.39 is 24.4 Å². The van der Waals surface area contributed by atoms with Crippen molar-refractivity contribution in [3.63, 3.8) is 0 Å². The molecule has 0 saturated carbocycles. The quantitative estimate of drug-likeness (QED) is 0.819. The molecule has 0 aromatic carbocycles. The molecular weight excluding hydrogens is 265 g/mol. The van der Waals surface area contributed by atoms with Gasteiger partial charge in [-0.1, -0.05) is 0 Å². The number of nitrogens with one attached hydrogen (secondary N) is 1. The molecule has 2 rings (SSSR count). The molecule has 0 aromatic heterocycles. The van der Waals surface area contributed by atoms with Crippen LogP contribution >= 0.6 is 0 Å². The number of likely N-dealkylation sites (tertiary alicyclic amines) is 1. The molecule has 2 heterocycles. The summed E-state index contributed by atoms with van der Waals surface area (Å²) in [7, 11) is 0. The second-order valence-corrected chi connectivity index (χ2v) is 4.81. The van der Waals surface area contributed by atoms with Crippen molar-refractivity contribution >= 4 is 5.91 Å². The lowest BCUT2D eigenvalue weighted by Crippen LogP contribution is -2.52. The van der Waals surface area contributed by atoms with E-state index in [9.17, 15) is 18.0 Å². The Labute approximate surface area is 109 Å². The largest absolute Gasteiger partial charge is 0.405 e. The summed E-state index contributed by atoms with van der Waals surface area (Å²) >= 11 is 0. The molecule has 2 aliphatic rings. The molecule has 2 aliphatic heterocycles. The molecule has 8 heteroatoms. The fourth-order valence-corrected chi connectivity index (χ4v) is 2.40. The molecule has 1 spiro atoms. The van der Waals surface area contributed by atoms with Crippen LogP contribution < -0.4 is 5.32 Å². The Kier molecular flexibility index (Phi) is 4.32. The van der Waals surface area contributed by atoms with E-state index in [0.717, 1.165) is 12.8 Å². The van der Waals surface area contributed by atoms with Gasteiger partial charge in [-0.3, -0.25) is 9.69 Å². The number of hydrogen-bond donors (Lipinski definition) is 1. The number of alkyl halides is 3. The minimum atomic E-state index is -4.38. The first-order chi connectivity index (χ1) is 8.89. The van der Waals surface area contributed by atoms with Crippen molar-refractivity contribution in [3.05, 3.63) is 0 Å². The third kappa shape index (κ3) is 4.32. The number of nitrogens with zero attached hydrogens (tertiary/aromatic N) is 1. The van der Waals surface area contributed by atoms with Crippen LogP contribution in [-0.4, -0.2) is 62.2 Å². The molecule has 0 aromatic rings. The highest BCUT2D eigenvalue weighted by Crippen LogP contribution is 2.29. The Balaban J connectivity index is 1.77. The topological polar surface area (TPSA) is 50.8 Å². The van der Waals surface area contributed by atoms with Crippen LogP contribution in [0.1, 0.15) is 12.8 Å². The van der Waals surface area contributed by atoms with E-state index in [1.807, 2.05) is 5.32 Å². The number of rotatable bonds is 3. The molecule has 0 aliphatic carbocycles. The Morgan fingerprint density at radius 1 is 1.32 bits per heavy atom. The number of halogens is 3.